The van der Waals surface area contributed by atoms with Crippen LogP contribution < -0.4 is 4.74 Å². The lowest BCUT2D eigenvalue weighted by molar-refractivity contribution is -0.384. The van der Waals surface area contributed by atoms with Crippen molar-refractivity contribution in [2.45, 2.75) is 0 Å². The summed E-state index contributed by atoms with van der Waals surface area (Å²) in [5.41, 5.74) is 1.79. The van der Waals surface area contributed by atoms with Gasteiger partial charge in [-0.1, -0.05) is 11.6 Å². The first-order chi connectivity index (χ1) is 12.5. The molecule has 1 N–H and O–H groups in total. The Labute approximate surface area is 152 Å². The third kappa shape index (κ3) is 2.78. The molecule has 26 heavy (non-hydrogen) atoms. The minimum Gasteiger partial charge on any atom is -0.497 e. The molecular formula is C18H12ClN3O4. The van der Waals surface area contributed by atoms with Crippen molar-refractivity contribution in [3.05, 3.63) is 63.7 Å². The number of methoxy groups -OCH3 is 1. The number of benzene rings is 2. The predicted molar refractivity (Wildman–Crippen MR) is 97.4 cm³/mol. The van der Waals surface area contributed by atoms with Crippen molar-refractivity contribution in [1.82, 2.24) is 9.97 Å². The summed E-state index contributed by atoms with van der Waals surface area (Å²) in [4.78, 5) is 18.5. The highest BCUT2D eigenvalue weighted by atomic mass is 35.5. The number of hydrogen-bond acceptors (Lipinski definition) is 5. The lowest BCUT2D eigenvalue weighted by Gasteiger charge is -2.03. The molecule has 0 aliphatic carbocycles. The summed E-state index contributed by atoms with van der Waals surface area (Å²) in [6.07, 6.45) is 0. The molecule has 0 aliphatic rings. The Morgan fingerprint density at radius 1 is 1.15 bits per heavy atom. The molecule has 0 unspecified atom stereocenters. The van der Waals surface area contributed by atoms with Gasteiger partial charge in [-0.3, -0.25) is 10.1 Å². The van der Waals surface area contributed by atoms with Gasteiger partial charge in [0.25, 0.3) is 5.69 Å². The molecule has 0 atom stereocenters. The molecule has 4 aromatic rings. The average molecular weight is 370 g/mol. The smallest absolute Gasteiger partial charge is 0.284 e. The van der Waals surface area contributed by atoms with E-state index in [-0.39, 0.29) is 5.69 Å². The number of fused-ring (bicyclic) bond motifs is 1. The molecule has 0 aliphatic heterocycles. The molecule has 2 aromatic carbocycles. The Morgan fingerprint density at radius 3 is 2.73 bits per heavy atom. The van der Waals surface area contributed by atoms with E-state index in [9.17, 15) is 10.1 Å². The Bertz CT molecular complexity index is 1130. The number of imidazole rings is 1. The molecule has 0 fully saturated rings. The normalized spacial score (nSPS) is 11.0. The van der Waals surface area contributed by atoms with Gasteiger partial charge in [0.05, 0.1) is 34.7 Å². The quantitative estimate of drug-likeness (QED) is 0.400. The number of halogens is 1. The van der Waals surface area contributed by atoms with Gasteiger partial charge in [0, 0.05) is 5.02 Å². The van der Waals surface area contributed by atoms with Crippen LogP contribution in [0.25, 0.3) is 33.9 Å². The molecule has 2 heterocycles. The Hall–Kier alpha value is -3.32. The zero-order chi connectivity index (χ0) is 18.3. The fourth-order valence-corrected chi connectivity index (χ4v) is 2.88. The first-order valence-corrected chi connectivity index (χ1v) is 8.01. The number of aromatic amines is 1. The van der Waals surface area contributed by atoms with Crippen LogP contribution in [0.3, 0.4) is 0 Å². The van der Waals surface area contributed by atoms with E-state index < -0.39 is 4.92 Å². The highest BCUT2D eigenvalue weighted by Gasteiger charge is 2.20. The van der Waals surface area contributed by atoms with Gasteiger partial charge in [0.1, 0.15) is 11.5 Å². The van der Waals surface area contributed by atoms with Crippen LogP contribution in [-0.4, -0.2) is 22.0 Å². The molecule has 7 nitrogen and oxygen atoms in total. The summed E-state index contributed by atoms with van der Waals surface area (Å²) in [5, 5.41) is 12.0. The Balaban J connectivity index is 1.77. The summed E-state index contributed by atoms with van der Waals surface area (Å²) in [5.74, 6) is 1.76. The van der Waals surface area contributed by atoms with E-state index in [0.29, 0.717) is 33.7 Å². The van der Waals surface area contributed by atoms with Crippen LogP contribution in [0.2, 0.25) is 5.02 Å². The predicted octanol–water partition coefficient (Wildman–Crippen LogP) is 5.06. The number of furan rings is 1. The van der Waals surface area contributed by atoms with E-state index >= 15 is 0 Å². The molecule has 0 bridgehead atoms. The Kier molecular flexibility index (Phi) is 3.85. The third-order valence-corrected chi connectivity index (χ3v) is 4.19. The fraction of sp³-hybridized carbons (Fsp3) is 0.0556. The lowest BCUT2D eigenvalue weighted by atomic mass is 10.1. The molecule has 0 saturated carbocycles. The molecule has 8 heteroatoms. The topological polar surface area (TPSA) is 94.2 Å². The van der Waals surface area contributed by atoms with Gasteiger partial charge in [0.15, 0.2) is 11.6 Å². The van der Waals surface area contributed by atoms with Gasteiger partial charge in [0.2, 0.25) is 0 Å². The summed E-state index contributed by atoms with van der Waals surface area (Å²) in [7, 11) is 1.46. The first kappa shape index (κ1) is 16.2. The third-order valence-electron chi connectivity index (χ3n) is 3.95. The van der Waals surface area contributed by atoms with Crippen molar-refractivity contribution in [2.75, 3.05) is 7.11 Å². The van der Waals surface area contributed by atoms with Crippen molar-refractivity contribution in [2.24, 2.45) is 0 Å². The maximum absolute atomic E-state index is 11.4. The van der Waals surface area contributed by atoms with Gasteiger partial charge in [-0.2, -0.15) is 0 Å². The number of ether oxygens (including phenoxy) is 1. The highest BCUT2D eigenvalue weighted by molar-refractivity contribution is 6.31. The van der Waals surface area contributed by atoms with Crippen LogP contribution in [0.15, 0.2) is 52.9 Å². The van der Waals surface area contributed by atoms with Gasteiger partial charge in [-0.15, -0.1) is 0 Å². The van der Waals surface area contributed by atoms with Crippen LogP contribution in [0.5, 0.6) is 5.75 Å². The maximum Gasteiger partial charge on any atom is 0.284 e. The maximum atomic E-state index is 11.4. The number of aromatic nitrogens is 2. The number of nitro benzene ring substituents is 1. The largest absolute Gasteiger partial charge is 0.497 e. The molecule has 0 amide bonds. The van der Waals surface area contributed by atoms with Gasteiger partial charge in [-0.05, 0) is 42.5 Å². The van der Waals surface area contributed by atoms with Crippen LogP contribution in [0, 0.1) is 10.1 Å². The number of rotatable bonds is 4. The molecule has 0 spiro atoms. The zero-order valence-electron chi connectivity index (χ0n) is 13.5. The second kappa shape index (κ2) is 6.20. The Morgan fingerprint density at radius 2 is 1.96 bits per heavy atom. The molecule has 2 aromatic heterocycles. The monoisotopic (exact) mass is 369 g/mol. The van der Waals surface area contributed by atoms with E-state index in [1.165, 1.54) is 13.2 Å². The van der Waals surface area contributed by atoms with Crippen molar-refractivity contribution in [1.29, 1.82) is 0 Å². The summed E-state index contributed by atoms with van der Waals surface area (Å²) in [6, 6.07) is 13.3. The standard InChI is InChI=1S/C18H12ClN3O4/c1-25-11-3-4-12(15(9-11)22(23)24)16-6-7-17(26-16)18-20-13-5-2-10(19)8-14(13)21-18/h2-9H,1H3,(H,20,21). The van der Waals surface area contributed by atoms with E-state index in [1.54, 1.807) is 42.5 Å². The first-order valence-electron chi connectivity index (χ1n) is 7.63. The van der Waals surface area contributed by atoms with Gasteiger partial charge >= 0.3 is 0 Å². The summed E-state index contributed by atoms with van der Waals surface area (Å²) >= 11 is 5.98. The molecule has 130 valence electrons. The van der Waals surface area contributed by atoms with Crippen molar-refractivity contribution < 1.29 is 14.1 Å². The van der Waals surface area contributed by atoms with Gasteiger partial charge < -0.3 is 14.1 Å². The van der Waals surface area contributed by atoms with E-state index in [2.05, 4.69) is 9.97 Å². The molecule has 0 radical (unpaired) electrons. The SMILES string of the molecule is COc1ccc(-c2ccc(-c3nc4ccc(Cl)cc4[nH]3)o2)c([N+](=O)[O-])c1. The average Bonchev–Trinajstić information content (AvgIpc) is 3.27. The number of hydrogen-bond donors (Lipinski definition) is 1. The minimum atomic E-state index is -0.469. The van der Waals surface area contributed by atoms with Crippen molar-refractivity contribution in [3.63, 3.8) is 0 Å². The second-order valence-corrected chi connectivity index (χ2v) is 5.99. The van der Waals surface area contributed by atoms with Crippen LogP contribution in [0.1, 0.15) is 0 Å². The minimum absolute atomic E-state index is 0.0957. The number of nitrogens with one attached hydrogen (secondary N) is 1. The second-order valence-electron chi connectivity index (χ2n) is 5.55. The van der Waals surface area contributed by atoms with Crippen LogP contribution in [0.4, 0.5) is 5.69 Å². The lowest BCUT2D eigenvalue weighted by Crippen LogP contribution is -1.93. The molecule has 0 saturated heterocycles. The van der Waals surface area contributed by atoms with Crippen LogP contribution >= 0.6 is 11.6 Å². The van der Waals surface area contributed by atoms with E-state index in [4.69, 9.17) is 20.8 Å². The summed E-state index contributed by atoms with van der Waals surface area (Å²) in [6.45, 7) is 0. The molecular weight excluding hydrogens is 358 g/mol. The fourth-order valence-electron chi connectivity index (χ4n) is 2.71. The van der Waals surface area contributed by atoms with Crippen molar-refractivity contribution in [3.8, 4) is 28.7 Å². The number of H-pyrrole nitrogens is 1. The van der Waals surface area contributed by atoms with Crippen molar-refractivity contribution >= 4 is 28.3 Å². The van der Waals surface area contributed by atoms with E-state index in [1.807, 2.05) is 0 Å². The number of nitrogens with zero attached hydrogens (tertiary/aromatic N) is 2. The zero-order valence-corrected chi connectivity index (χ0v) is 14.3. The molecule has 4 rings (SSSR count). The summed E-state index contributed by atoms with van der Waals surface area (Å²) < 4.78 is 10.9. The highest BCUT2D eigenvalue weighted by Crippen LogP contribution is 2.36. The number of nitro groups is 1. The van der Waals surface area contributed by atoms with Gasteiger partial charge in [-0.25, -0.2) is 4.98 Å². The van der Waals surface area contributed by atoms with E-state index in [0.717, 1.165) is 11.0 Å². The van der Waals surface area contributed by atoms with Crippen LogP contribution in [-0.2, 0) is 0 Å².